The second-order valence-corrected chi connectivity index (χ2v) is 15.2. The summed E-state index contributed by atoms with van der Waals surface area (Å²) in [4.78, 5) is 74.2. The summed E-state index contributed by atoms with van der Waals surface area (Å²) >= 11 is 0. The molecule has 0 unspecified atom stereocenters. The minimum absolute atomic E-state index is 0.00475. The summed E-state index contributed by atoms with van der Waals surface area (Å²) in [5.74, 6) is -3.22. The van der Waals surface area contributed by atoms with E-state index >= 15 is 0 Å². The van der Waals surface area contributed by atoms with E-state index in [1.165, 1.54) is 55.3 Å². The molecule has 3 amide bonds. The van der Waals surface area contributed by atoms with Gasteiger partial charge in [0.15, 0.2) is 6.10 Å². The second-order valence-electron chi connectivity index (χ2n) is 15.2. The highest BCUT2D eigenvalue weighted by atomic mass is 16.6. The van der Waals surface area contributed by atoms with Gasteiger partial charge in [-0.25, -0.2) is 4.79 Å². The van der Waals surface area contributed by atoms with Gasteiger partial charge in [-0.1, -0.05) is 64.1 Å². The van der Waals surface area contributed by atoms with Gasteiger partial charge in [0.05, 0.1) is 14.2 Å². The lowest BCUT2D eigenvalue weighted by atomic mass is 9.96. The van der Waals surface area contributed by atoms with Crippen molar-refractivity contribution in [2.75, 3.05) is 42.4 Å². The van der Waals surface area contributed by atoms with Crippen LogP contribution in [0.3, 0.4) is 0 Å². The number of esters is 2. The van der Waals surface area contributed by atoms with Gasteiger partial charge in [-0.15, -0.1) is 0 Å². The first-order chi connectivity index (χ1) is 27.4. The van der Waals surface area contributed by atoms with Crippen molar-refractivity contribution in [3.8, 4) is 17.2 Å². The van der Waals surface area contributed by atoms with Crippen molar-refractivity contribution in [3.05, 3.63) is 89.5 Å². The maximum atomic E-state index is 14.5. The Kier molecular flexibility index (Phi) is 17.5. The van der Waals surface area contributed by atoms with Crippen LogP contribution in [0.1, 0.15) is 50.8 Å². The van der Waals surface area contributed by atoms with Gasteiger partial charge in [0, 0.05) is 32.9 Å². The lowest BCUT2D eigenvalue weighted by Gasteiger charge is -2.36. The molecule has 0 bridgehead atoms. The zero-order chi connectivity index (χ0) is 43.3. The van der Waals surface area contributed by atoms with Crippen molar-refractivity contribution in [1.29, 1.82) is 0 Å². The number of hydrogen-bond acceptors (Lipinski definition) is 11. The molecule has 14 heteroatoms. The van der Waals surface area contributed by atoms with E-state index in [9.17, 15) is 34.2 Å². The van der Waals surface area contributed by atoms with Gasteiger partial charge in [-0.2, -0.15) is 0 Å². The Labute approximate surface area is 342 Å². The van der Waals surface area contributed by atoms with Crippen LogP contribution >= 0.6 is 0 Å². The van der Waals surface area contributed by atoms with E-state index in [1.54, 1.807) is 83.3 Å². The minimum atomic E-state index is -1.23. The highest BCUT2D eigenvalue weighted by Gasteiger charge is 2.40. The summed E-state index contributed by atoms with van der Waals surface area (Å²) in [5.41, 5.74) is 2.15. The normalized spacial score (nSPS) is 14.3. The molecule has 14 nitrogen and oxygen atoms in total. The fourth-order valence-electron chi connectivity index (χ4n) is 6.43. The Morgan fingerprint density at radius 3 is 1.52 bits per heavy atom. The number of phenolic OH excluding ortho intramolecular Hbond substituents is 2. The first-order valence-electron chi connectivity index (χ1n) is 19.4. The number of rotatable bonds is 20. The van der Waals surface area contributed by atoms with Crippen LogP contribution in [-0.2, 0) is 52.7 Å². The Morgan fingerprint density at radius 1 is 0.638 bits per heavy atom. The Hall–Kier alpha value is -5.63. The van der Waals surface area contributed by atoms with Crippen LogP contribution in [0.25, 0.3) is 0 Å². The highest BCUT2D eigenvalue weighted by Crippen LogP contribution is 2.22. The topological polar surface area (TPSA) is 175 Å². The molecule has 3 rings (SSSR count). The number of carbonyl (C=O) groups is 5. The first kappa shape index (κ1) is 46.8. The fourth-order valence-corrected chi connectivity index (χ4v) is 6.43. The number of aromatic hydroxyl groups is 2. The van der Waals surface area contributed by atoms with E-state index < -0.39 is 71.8 Å². The summed E-state index contributed by atoms with van der Waals surface area (Å²) in [7, 11) is 9.21. The number of ether oxygens (including phenoxy) is 3. The largest absolute Gasteiger partial charge is 0.508 e. The number of carbonyl (C=O) groups excluding carboxylic acids is 5. The lowest BCUT2D eigenvalue weighted by molar-refractivity contribution is -0.164. The number of hydrogen-bond donors (Lipinski definition) is 3. The third-order valence-electron chi connectivity index (χ3n) is 10.5. The summed E-state index contributed by atoms with van der Waals surface area (Å²) < 4.78 is 16.3. The van der Waals surface area contributed by atoms with Crippen LogP contribution < -0.4 is 10.1 Å². The van der Waals surface area contributed by atoms with E-state index in [2.05, 4.69) is 5.32 Å². The van der Waals surface area contributed by atoms with Crippen molar-refractivity contribution in [1.82, 2.24) is 20.0 Å². The molecule has 0 saturated carbocycles. The smallest absolute Gasteiger partial charge is 0.328 e. The Balaban J connectivity index is 1.92. The van der Waals surface area contributed by atoms with Crippen molar-refractivity contribution in [2.45, 2.75) is 83.6 Å². The molecule has 3 aromatic rings. The van der Waals surface area contributed by atoms with Crippen molar-refractivity contribution in [3.63, 3.8) is 0 Å². The van der Waals surface area contributed by atoms with Crippen molar-refractivity contribution >= 4 is 29.7 Å². The monoisotopic (exact) mass is 804 g/mol. The maximum absolute atomic E-state index is 14.5. The average Bonchev–Trinajstić information content (AvgIpc) is 3.21. The lowest BCUT2D eigenvalue weighted by Crippen LogP contribution is -2.59. The quantitative estimate of drug-likeness (QED) is 0.141. The van der Waals surface area contributed by atoms with Gasteiger partial charge in [0.1, 0.15) is 41.4 Å². The van der Waals surface area contributed by atoms with Crippen LogP contribution in [0.5, 0.6) is 17.2 Å². The van der Waals surface area contributed by atoms with Crippen molar-refractivity contribution in [2.24, 2.45) is 11.8 Å². The van der Waals surface area contributed by atoms with Crippen LogP contribution in [0, 0.1) is 11.8 Å². The van der Waals surface area contributed by atoms with Crippen LogP contribution in [-0.4, -0.2) is 127 Å². The summed E-state index contributed by atoms with van der Waals surface area (Å²) in [5, 5.41) is 22.6. The number of benzene rings is 3. The molecule has 0 spiro atoms. The molecule has 0 aliphatic heterocycles. The highest BCUT2D eigenvalue weighted by molar-refractivity contribution is 5.95. The number of methoxy groups -OCH3 is 2. The summed E-state index contributed by atoms with van der Waals surface area (Å²) in [6.07, 6.45) is -0.341. The van der Waals surface area contributed by atoms with Gasteiger partial charge in [-0.05, 0) is 85.9 Å². The molecule has 0 fully saturated rings. The molecular formula is C44H60N4O10. The van der Waals surface area contributed by atoms with Gasteiger partial charge in [-0.3, -0.25) is 24.1 Å². The molecule has 316 valence electrons. The predicted molar refractivity (Wildman–Crippen MR) is 219 cm³/mol. The molecule has 0 saturated heterocycles. The molecule has 3 N–H and O–H groups in total. The second kappa shape index (κ2) is 21.8. The zero-order valence-corrected chi connectivity index (χ0v) is 35.3. The summed E-state index contributed by atoms with van der Waals surface area (Å²) in [6, 6.07) is 15.6. The number of amides is 3. The third kappa shape index (κ3) is 12.7. The number of likely N-dealkylation sites (N-methyl/N-ethyl adjacent to an activating group) is 3. The van der Waals surface area contributed by atoms with Crippen LogP contribution in [0.2, 0.25) is 0 Å². The number of nitrogens with one attached hydrogen (secondary N) is 1. The molecule has 0 radical (unpaired) electrons. The number of nitrogens with zero attached hydrogens (tertiary/aromatic N) is 3. The molecule has 3 aromatic carbocycles. The van der Waals surface area contributed by atoms with Gasteiger partial charge < -0.3 is 39.5 Å². The molecule has 6 atom stereocenters. The van der Waals surface area contributed by atoms with E-state index in [4.69, 9.17) is 14.2 Å². The molecule has 0 aromatic heterocycles. The fraction of sp³-hybridized carbons (Fsp3) is 0.477. The van der Waals surface area contributed by atoms with Gasteiger partial charge >= 0.3 is 11.9 Å². The average molecular weight is 805 g/mol. The minimum Gasteiger partial charge on any atom is -0.508 e. The predicted octanol–water partition coefficient (Wildman–Crippen LogP) is 3.99. The first-order valence-corrected chi connectivity index (χ1v) is 19.4. The maximum Gasteiger partial charge on any atom is 0.328 e. The van der Waals surface area contributed by atoms with Crippen molar-refractivity contribution < 1.29 is 48.4 Å². The van der Waals surface area contributed by atoms with Gasteiger partial charge in [0.2, 0.25) is 11.8 Å². The molecular weight excluding hydrogens is 745 g/mol. The van der Waals surface area contributed by atoms with E-state index in [-0.39, 0.29) is 24.3 Å². The molecule has 0 aliphatic carbocycles. The Bertz CT molecular complexity index is 1820. The SMILES string of the molecule is CC[C@@H](C)[C@@H](OC(=O)[C@H](Cc1ccc(OC)cc1)N(C)C)C(=O)N[C@@H](C(=O)N(C)[C@H](Cc1ccc(O)cc1)C(=O)N(C)[C@H](Cc1ccc(O)cc1)C(=O)OC)C(C)C. The van der Waals surface area contributed by atoms with E-state index in [0.717, 1.165) is 5.56 Å². The zero-order valence-electron chi connectivity index (χ0n) is 35.3. The third-order valence-corrected chi connectivity index (χ3v) is 10.5. The molecule has 0 heterocycles. The van der Waals surface area contributed by atoms with E-state index in [1.807, 2.05) is 19.1 Å². The van der Waals surface area contributed by atoms with Gasteiger partial charge in [0.25, 0.3) is 5.91 Å². The summed E-state index contributed by atoms with van der Waals surface area (Å²) in [6.45, 7) is 7.18. The Morgan fingerprint density at radius 2 is 1.09 bits per heavy atom. The van der Waals surface area contributed by atoms with Crippen LogP contribution in [0.15, 0.2) is 72.8 Å². The molecule has 0 aliphatic rings. The standard InChI is InChI=1S/C44H60N4O10/c1-11-28(4)39(58-44(55)36(46(5)6)25-31-16-22-34(56-9)23-17-31)40(51)45-38(27(2)3)42(53)47(7)35(24-29-12-18-32(49)19-13-29)41(52)48(8)37(43(54)57-10)26-30-14-20-33(50)21-15-30/h12-23,27-28,35-39,49-50H,11,24-26H2,1-10H3,(H,45,51)/t28-,35-,36+,37-,38-,39-/m1/s1. The van der Waals surface area contributed by atoms with Crippen LogP contribution in [0.4, 0.5) is 0 Å². The molecule has 58 heavy (non-hydrogen) atoms. The van der Waals surface area contributed by atoms with E-state index in [0.29, 0.717) is 29.7 Å². The number of phenols is 2.